The number of carbonyl (C=O) groups excluding carboxylic acids is 2. The van der Waals surface area contributed by atoms with Crippen LogP contribution < -0.4 is 20.7 Å². The molecular formula is C25H22FN7O4. The lowest BCUT2D eigenvalue weighted by Gasteiger charge is -2.17. The number of anilines is 4. The zero-order chi connectivity index (χ0) is 26.4. The van der Waals surface area contributed by atoms with Crippen molar-refractivity contribution in [2.45, 2.75) is 0 Å². The second-order valence-corrected chi connectivity index (χ2v) is 7.48. The Hall–Kier alpha value is -5.13. The number of halogens is 1. The molecule has 0 unspecified atom stereocenters. The van der Waals surface area contributed by atoms with Crippen molar-refractivity contribution < 1.29 is 23.5 Å². The molecule has 0 saturated heterocycles. The van der Waals surface area contributed by atoms with Gasteiger partial charge in [0.2, 0.25) is 0 Å². The molecule has 37 heavy (non-hydrogen) atoms. The van der Waals surface area contributed by atoms with E-state index in [1.54, 1.807) is 36.4 Å². The molecule has 188 valence electrons. The van der Waals surface area contributed by atoms with E-state index >= 15 is 0 Å². The summed E-state index contributed by atoms with van der Waals surface area (Å²) in [5, 5.41) is 8.83. The van der Waals surface area contributed by atoms with E-state index in [4.69, 9.17) is 4.74 Å². The molecule has 3 N–H and O–H groups in total. The Kier molecular flexibility index (Phi) is 7.48. The van der Waals surface area contributed by atoms with Gasteiger partial charge in [0.25, 0.3) is 5.91 Å². The first kappa shape index (κ1) is 25.0. The van der Waals surface area contributed by atoms with Gasteiger partial charge in [0, 0.05) is 25.5 Å². The van der Waals surface area contributed by atoms with E-state index in [0.717, 1.165) is 12.4 Å². The number of rotatable bonds is 8. The van der Waals surface area contributed by atoms with Crippen molar-refractivity contribution in [1.29, 1.82) is 0 Å². The highest BCUT2D eigenvalue weighted by Gasteiger charge is 2.18. The molecule has 3 heterocycles. The molecule has 1 aromatic carbocycles. The Balaban J connectivity index is 1.68. The van der Waals surface area contributed by atoms with Crippen LogP contribution in [-0.4, -0.2) is 53.1 Å². The standard InChI is InChI=1S/C25H22FN7O4/c1-27-24(34)17-13-29-21(33-20-8-7-14(10-28-20)25(35)37-3)9-19(17)32-18-6-4-5-16(22(18)36-2)23-30-11-15(26)12-31-23/h4-13H,1-3H3,(H,27,34)(H2,28,29,32,33). The van der Waals surface area contributed by atoms with Gasteiger partial charge in [-0.3, -0.25) is 4.79 Å². The van der Waals surface area contributed by atoms with Gasteiger partial charge in [-0.05, 0) is 24.3 Å². The number of hydrogen-bond acceptors (Lipinski definition) is 10. The molecule has 3 aromatic heterocycles. The molecule has 0 radical (unpaired) electrons. The third kappa shape index (κ3) is 5.59. The van der Waals surface area contributed by atoms with E-state index in [1.165, 1.54) is 33.7 Å². The van der Waals surface area contributed by atoms with E-state index in [0.29, 0.717) is 39.9 Å². The van der Waals surface area contributed by atoms with Crippen LogP contribution in [0.1, 0.15) is 20.7 Å². The molecule has 4 rings (SSSR count). The van der Waals surface area contributed by atoms with Gasteiger partial charge in [-0.15, -0.1) is 0 Å². The quantitative estimate of drug-likeness (QED) is 0.305. The molecule has 0 saturated carbocycles. The SMILES string of the molecule is CNC(=O)c1cnc(Nc2ccc(C(=O)OC)cn2)cc1Nc1cccc(-c2ncc(F)cn2)c1OC. The number of amides is 1. The van der Waals surface area contributed by atoms with Crippen LogP contribution in [0.15, 0.2) is 61.2 Å². The maximum atomic E-state index is 13.3. The monoisotopic (exact) mass is 503 g/mol. The van der Waals surface area contributed by atoms with Crippen molar-refractivity contribution >= 4 is 34.9 Å². The minimum absolute atomic E-state index is 0.270. The first-order valence-electron chi connectivity index (χ1n) is 10.9. The normalized spacial score (nSPS) is 10.4. The number of benzene rings is 1. The van der Waals surface area contributed by atoms with Gasteiger partial charge in [0.1, 0.15) is 11.6 Å². The number of para-hydroxylation sites is 1. The summed E-state index contributed by atoms with van der Waals surface area (Å²) < 4.78 is 23.6. The number of ether oxygens (including phenoxy) is 2. The van der Waals surface area contributed by atoms with E-state index in [9.17, 15) is 14.0 Å². The second kappa shape index (κ2) is 11.1. The zero-order valence-electron chi connectivity index (χ0n) is 20.1. The van der Waals surface area contributed by atoms with Crippen molar-refractivity contribution in [2.75, 3.05) is 31.9 Å². The fraction of sp³-hybridized carbons (Fsp3) is 0.120. The van der Waals surface area contributed by atoms with Gasteiger partial charge in [0.05, 0.1) is 54.7 Å². The number of carbonyl (C=O) groups is 2. The Labute approximate surface area is 211 Å². The van der Waals surface area contributed by atoms with Gasteiger partial charge >= 0.3 is 5.97 Å². The molecule has 11 nitrogen and oxygen atoms in total. The topological polar surface area (TPSA) is 140 Å². The first-order chi connectivity index (χ1) is 17.9. The van der Waals surface area contributed by atoms with Gasteiger partial charge in [0.15, 0.2) is 17.4 Å². The number of pyridine rings is 2. The fourth-order valence-corrected chi connectivity index (χ4v) is 3.41. The second-order valence-electron chi connectivity index (χ2n) is 7.48. The van der Waals surface area contributed by atoms with Crippen molar-refractivity contribution in [3.05, 3.63) is 78.1 Å². The summed E-state index contributed by atoms with van der Waals surface area (Å²) in [6.07, 6.45) is 4.92. The van der Waals surface area contributed by atoms with Crippen LogP contribution in [0.5, 0.6) is 5.75 Å². The molecule has 4 aromatic rings. The highest BCUT2D eigenvalue weighted by Crippen LogP contribution is 2.37. The Morgan fingerprint density at radius 1 is 0.865 bits per heavy atom. The highest BCUT2D eigenvalue weighted by atomic mass is 19.1. The van der Waals surface area contributed by atoms with Crippen molar-refractivity contribution in [2.24, 2.45) is 0 Å². The van der Waals surface area contributed by atoms with Gasteiger partial charge in [-0.2, -0.15) is 0 Å². The average Bonchev–Trinajstić information content (AvgIpc) is 2.93. The van der Waals surface area contributed by atoms with Gasteiger partial charge < -0.3 is 25.4 Å². The highest BCUT2D eigenvalue weighted by molar-refractivity contribution is 6.00. The largest absolute Gasteiger partial charge is 0.494 e. The van der Waals surface area contributed by atoms with Gasteiger partial charge in [-0.1, -0.05) is 6.07 Å². The van der Waals surface area contributed by atoms with E-state index in [2.05, 4.69) is 40.6 Å². The van der Waals surface area contributed by atoms with E-state index < -0.39 is 11.8 Å². The number of aromatic nitrogens is 4. The van der Waals surface area contributed by atoms with Crippen molar-refractivity contribution in [3.63, 3.8) is 0 Å². The van der Waals surface area contributed by atoms with Gasteiger partial charge in [-0.25, -0.2) is 29.1 Å². The fourth-order valence-electron chi connectivity index (χ4n) is 3.41. The zero-order valence-corrected chi connectivity index (χ0v) is 20.1. The molecule has 0 aliphatic carbocycles. The molecule has 0 aliphatic rings. The predicted molar refractivity (Wildman–Crippen MR) is 134 cm³/mol. The third-order valence-electron chi connectivity index (χ3n) is 5.17. The molecule has 0 aliphatic heterocycles. The van der Waals surface area contributed by atoms with E-state index in [1.807, 2.05) is 0 Å². The molecule has 12 heteroatoms. The van der Waals surface area contributed by atoms with Crippen LogP contribution >= 0.6 is 0 Å². The van der Waals surface area contributed by atoms with Crippen LogP contribution in [0.4, 0.5) is 27.4 Å². The van der Waals surface area contributed by atoms with Crippen LogP contribution in [-0.2, 0) is 4.74 Å². The Morgan fingerprint density at radius 2 is 1.62 bits per heavy atom. The number of nitrogens with zero attached hydrogens (tertiary/aromatic N) is 4. The summed E-state index contributed by atoms with van der Waals surface area (Å²) >= 11 is 0. The molecule has 0 bridgehead atoms. The lowest BCUT2D eigenvalue weighted by Crippen LogP contribution is -2.19. The maximum absolute atomic E-state index is 13.3. The van der Waals surface area contributed by atoms with Crippen molar-refractivity contribution in [3.8, 4) is 17.1 Å². The van der Waals surface area contributed by atoms with Crippen LogP contribution in [0.3, 0.4) is 0 Å². The lowest BCUT2D eigenvalue weighted by atomic mass is 10.1. The number of esters is 1. The molecule has 0 atom stereocenters. The molecule has 0 spiro atoms. The third-order valence-corrected chi connectivity index (χ3v) is 5.17. The first-order valence-corrected chi connectivity index (χ1v) is 10.9. The summed E-state index contributed by atoms with van der Waals surface area (Å²) in [4.78, 5) is 40.8. The number of nitrogens with one attached hydrogen (secondary N) is 3. The summed E-state index contributed by atoms with van der Waals surface area (Å²) in [6, 6.07) is 10.0. The smallest absolute Gasteiger partial charge is 0.339 e. The Morgan fingerprint density at radius 3 is 2.27 bits per heavy atom. The van der Waals surface area contributed by atoms with Crippen LogP contribution in [0.2, 0.25) is 0 Å². The van der Waals surface area contributed by atoms with Crippen LogP contribution in [0.25, 0.3) is 11.4 Å². The minimum Gasteiger partial charge on any atom is -0.494 e. The predicted octanol–water partition coefficient (Wildman–Crippen LogP) is 3.71. The Bertz CT molecular complexity index is 1430. The summed E-state index contributed by atoms with van der Waals surface area (Å²) in [5.74, 6) is 0.0472. The summed E-state index contributed by atoms with van der Waals surface area (Å²) in [5.41, 5.74) is 2.02. The van der Waals surface area contributed by atoms with Crippen molar-refractivity contribution in [1.82, 2.24) is 25.3 Å². The molecule has 1 amide bonds. The van der Waals surface area contributed by atoms with Crippen LogP contribution in [0, 0.1) is 5.82 Å². The minimum atomic E-state index is -0.557. The average molecular weight is 503 g/mol. The maximum Gasteiger partial charge on any atom is 0.339 e. The number of methoxy groups -OCH3 is 2. The van der Waals surface area contributed by atoms with E-state index in [-0.39, 0.29) is 17.3 Å². The molecular weight excluding hydrogens is 481 g/mol. The molecule has 0 fully saturated rings. The number of hydrogen-bond donors (Lipinski definition) is 3. The summed E-state index contributed by atoms with van der Waals surface area (Å²) in [7, 11) is 4.28. The summed E-state index contributed by atoms with van der Waals surface area (Å²) in [6.45, 7) is 0. The lowest BCUT2D eigenvalue weighted by molar-refractivity contribution is 0.0600.